The van der Waals surface area contributed by atoms with Crippen molar-refractivity contribution in [2.24, 2.45) is 0 Å². The van der Waals surface area contributed by atoms with Crippen molar-refractivity contribution in [2.45, 2.75) is 19.0 Å². The van der Waals surface area contributed by atoms with Crippen LogP contribution in [0.2, 0.25) is 10.0 Å². The minimum absolute atomic E-state index is 0.109. The number of carbonyl (C=O) groups excluding carboxylic acids is 2. The average Bonchev–Trinajstić information content (AvgIpc) is 2.82. The molecular formula is C15H16Cl2N2O4S. The van der Waals surface area contributed by atoms with Crippen molar-refractivity contribution in [3.05, 3.63) is 33.8 Å². The van der Waals surface area contributed by atoms with Gasteiger partial charge in [0, 0.05) is 25.6 Å². The van der Waals surface area contributed by atoms with Crippen molar-refractivity contribution >= 4 is 44.9 Å². The summed E-state index contributed by atoms with van der Waals surface area (Å²) in [5, 5.41) is 0.608. The highest BCUT2D eigenvalue weighted by molar-refractivity contribution is 7.91. The van der Waals surface area contributed by atoms with Crippen LogP contribution < -0.4 is 0 Å². The Hall–Kier alpha value is -1.31. The number of nitrogens with zero attached hydrogens (tertiary/aromatic N) is 2. The summed E-state index contributed by atoms with van der Waals surface area (Å²) in [6.45, 7) is 2.02. The second-order valence-electron chi connectivity index (χ2n) is 6.05. The van der Waals surface area contributed by atoms with Gasteiger partial charge in [-0.3, -0.25) is 9.59 Å². The van der Waals surface area contributed by atoms with Crippen LogP contribution in [-0.4, -0.2) is 66.7 Å². The second-order valence-corrected chi connectivity index (χ2v) is 9.02. The summed E-state index contributed by atoms with van der Waals surface area (Å²) < 4.78 is 24.1. The highest BCUT2D eigenvalue weighted by atomic mass is 35.5. The number of piperazine rings is 1. The number of benzene rings is 1. The zero-order valence-corrected chi connectivity index (χ0v) is 15.2. The Balaban J connectivity index is 1.92. The molecule has 2 aliphatic heterocycles. The Kier molecular flexibility index (Phi) is 4.53. The molecule has 1 aromatic rings. The predicted molar refractivity (Wildman–Crippen MR) is 91.1 cm³/mol. The molecule has 0 bridgehead atoms. The fourth-order valence-electron chi connectivity index (χ4n) is 3.39. The molecule has 0 radical (unpaired) electrons. The number of hydrogen-bond donors (Lipinski definition) is 0. The minimum Gasteiger partial charge on any atom is -0.335 e. The van der Waals surface area contributed by atoms with E-state index in [4.69, 9.17) is 23.2 Å². The van der Waals surface area contributed by atoms with Gasteiger partial charge in [-0.05, 0) is 18.2 Å². The molecule has 2 saturated heterocycles. The number of hydrogen-bond acceptors (Lipinski definition) is 4. The Labute approximate surface area is 150 Å². The van der Waals surface area contributed by atoms with E-state index in [1.54, 1.807) is 11.0 Å². The lowest BCUT2D eigenvalue weighted by atomic mass is 10.0. The summed E-state index contributed by atoms with van der Waals surface area (Å²) in [7, 11) is -3.29. The van der Waals surface area contributed by atoms with Crippen molar-refractivity contribution in [3.63, 3.8) is 0 Å². The van der Waals surface area contributed by atoms with E-state index in [1.165, 1.54) is 24.0 Å². The SMILES string of the molecule is CC(=O)N1CCN(C(=O)c2ccc(Cl)c(Cl)c2)[C@@H]2CS(=O)(=O)C[C@@H]21. The van der Waals surface area contributed by atoms with Crippen LogP contribution in [0.4, 0.5) is 0 Å². The first-order valence-corrected chi connectivity index (χ1v) is 10.0. The lowest BCUT2D eigenvalue weighted by molar-refractivity contribution is -0.133. The number of halogens is 2. The fraction of sp³-hybridized carbons (Fsp3) is 0.467. The predicted octanol–water partition coefficient (Wildman–Crippen LogP) is 1.46. The maximum Gasteiger partial charge on any atom is 0.254 e. The van der Waals surface area contributed by atoms with E-state index in [0.717, 1.165) is 0 Å². The van der Waals surface area contributed by atoms with Gasteiger partial charge in [-0.2, -0.15) is 0 Å². The molecule has 130 valence electrons. The molecular weight excluding hydrogens is 375 g/mol. The standard InChI is InChI=1S/C15H16Cl2N2O4S/c1-9(20)18-4-5-19(14-8-24(22,23)7-13(14)18)15(21)10-2-3-11(16)12(17)6-10/h2-3,6,13-14H,4-5,7-8H2,1H3/t13-,14+/m0/s1. The van der Waals surface area contributed by atoms with E-state index in [1.807, 2.05) is 0 Å². The molecule has 2 amide bonds. The first-order chi connectivity index (χ1) is 11.2. The van der Waals surface area contributed by atoms with Crippen LogP contribution >= 0.6 is 23.2 Å². The van der Waals surface area contributed by atoms with Gasteiger partial charge in [0.05, 0.1) is 33.6 Å². The normalized spacial score (nSPS) is 25.5. The van der Waals surface area contributed by atoms with E-state index >= 15 is 0 Å². The molecule has 2 aliphatic rings. The van der Waals surface area contributed by atoms with E-state index in [0.29, 0.717) is 17.1 Å². The monoisotopic (exact) mass is 390 g/mol. The molecule has 2 atom stereocenters. The van der Waals surface area contributed by atoms with Gasteiger partial charge in [0.25, 0.3) is 5.91 Å². The number of amides is 2. The summed E-state index contributed by atoms with van der Waals surface area (Å²) in [6.07, 6.45) is 0. The molecule has 1 aromatic carbocycles. The highest BCUT2D eigenvalue weighted by Crippen LogP contribution is 2.29. The van der Waals surface area contributed by atoms with Gasteiger partial charge in [-0.1, -0.05) is 23.2 Å². The number of rotatable bonds is 1. The third kappa shape index (κ3) is 3.12. The van der Waals surface area contributed by atoms with Crippen LogP contribution in [0.25, 0.3) is 0 Å². The van der Waals surface area contributed by atoms with Crippen LogP contribution in [0, 0.1) is 0 Å². The molecule has 0 spiro atoms. The van der Waals surface area contributed by atoms with E-state index in [2.05, 4.69) is 0 Å². The van der Waals surface area contributed by atoms with Crippen LogP contribution in [0.1, 0.15) is 17.3 Å². The van der Waals surface area contributed by atoms with Crippen molar-refractivity contribution < 1.29 is 18.0 Å². The summed E-state index contributed by atoms with van der Waals surface area (Å²) in [4.78, 5) is 27.7. The van der Waals surface area contributed by atoms with Gasteiger partial charge in [0.15, 0.2) is 9.84 Å². The van der Waals surface area contributed by atoms with Crippen molar-refractivity contribution in [1.29, 1.82) is 0 Å². The Bertz CT molecular complexity index is 812. The first-order valence-electron chi connectivity index (χ1n) is 7.43. The second kappa shape index (κ2) is 6.20. The number of carbonyl (C=O) groups is 2. The third-order valence-electron chi connectivity index (χ3n) is 4.51. The van der Waals surface area contributed by atoms with Gasteiger partial charge < -0.3 is 9.80 Å². The molecule has 0 saturated carbocycles. The average molecular weight is 391 g/mol. The molecule has 0 aliphatic carbocycles. The zero-order valence-electron chi connectivity index (χ0n) is 12.9. The smallest absolute Gasteiger partial charge is 0.254 e. The molecule has 24 heavy (non-hydrogen) atoms. The van der Waals surface area contributed by atoms with Gasteiger partial charge in [-0.15, -0.1) is 0 Å². The molecule has 9 heteroatoms. The molecule has 0 unspecified atom stereocenters. The maximum absolute atomic E-state index is 12.8. The third-order valence-corrected chi connectivity index (χ3v) is 6.95. The fourth-order valence-corrected chi connectivity index (χ4v) is 5.67. The lowest BCUT2D eigenvalue weighted by Crippen LogP contribution is -2.61. The maximum atomic E-state index is 12.8. The van der Waals surface area contributed by atoms with Gasteiger partial charge in [0.1, 0.15) is 0 Å². The Morgan fingerprint density at radius 1 is 1.04 bits per heavy atom. The van der Waals surface area contributed by atoms with E-state index in [-0.39, 0.29) is 34.9 Å². The first kappa shape index (κ1) is 17.5. The topological polar surface area (TPSA) is 74.8 Å². The Morgan fingerprint density at radius 3 is 2.21 bits per heavy atom. The Morgan fingerprint density at radius 2 is 1.62 bits per heavy atom. The van der Waals surface area contributed by atoms with Crippen molar-refractivity contribution in [1.82, 2.24) is 9.80 Å². The lowest BCUT2D eigenvalue weighted by Gasteiger charge is -2.43. The van der Waals surface area contributed by atoms with Gasteiger partial charge in [0.2, 0.25) is 5.91 Å². The number of sulfone groups is 1. The molecule has 3 rings (SSSR count). The molecule has 0 N–H and O–H groups in total. The van der Waals surface area contributed by atoms with Crippen LogP contribution in [-0.2, 0) is 14.6 Å². The summed E-state index contributed by atoms with van der Waals surface area (Å²) in [5.41, 5.74) is 0.351. The van der Waals surface area contributed by atoms with Gasteiger partial charge >= 0.3 is 0 Å². The van der Waals surface area contributed by atoms with Crippen molar-refractivity contribution in [3.8, 4) is 0 Å². The molecule has 2 fully saturated rings. The molecule has 6 nitrogen and oxygen atoms in total. The minimum atomic E-state index is -3.29. The summed E-state index contributed by atoms with van der Waals surface area (Å²) >= 11 is 11.8. The zero-order chi connectivity index (χ0) is 17.6. The van der Waals surface area contributed by atoms with Gasteiger partial charge in [-0.25, -0.2) is 8.42 Å². The van der Waals surface area contributed by atoms with Crippen LogP contribution in [0.5, 0.6) is 0 Å². The molecule has 2 heterocycles. The molecule has 0 aromatic heterocycles. The van der Waals surface area contributed by atoms with E-state index < -0.39 is 21.9 Å². The largest absolute Gasteiger partial charge is 0.335 e. The summed E-state index contributed by atoms with van der Waals surface area (Å²) in [6, 6.07) is 3.54. The highest BCUT2D eigenvalue weighted by Gasteiger charge is 2.48. The van der Waals surface area contributed by atoms with Crippen LogP contribution in [0.3, 0.4) is 0 Å². The summed E-state index contributed by atoms with van der Waals surface area (Å²) in [5.74, 6) is -0.718. The van der Waals surface area contributed by atoms with Crippen LogP contribution in [0.15, 0.2) is 18.2 Å². The number of fused-ring (bicyclic) bond motifs is 1. The van der Waals surface area contributed by atoms with Crippen molar-refractivity contribution in [2.75, 3.05) is 24.6 Å². The van der Waals surface area contributed by atoms with E-state index in [9.17, 15) is 18.0 Å². The quantitative estimate of drug-likeness (QED) is 0.727.